The standard InChI is InChI=1S/C21H25N3O2S2/c25-28(26)12-9-16(14-28)13-21-22-17-5-1-2-6-18(17)24(21)15-23-10-3-7-19(23)20-8-4-11-27-20/h1-2,4-6,8,11,16,19H,3,7,9-10,12-15H2. The van der Waals surface area contributed by atoms with Gasteiger partial charge >= 0.3 is 0 Å². The molecule has 2 fully saturated rings. The topological polar surface area (TPSA) is 55.2 Å². The van der Waals surface area contributed by atoms with Gasteiger partial charge in [0.05, 0.1) is 29.2 Å². The van der Waals surface area contributed by atoms with Crippen molar-refractivity contribution in [1.29, 1.82) is 0 Å². The molecule has 1 aromatic carbocycles. The van der Waals surface area contributed by atoms with Crippen LogP contribution in [0.2, 0.25) is 0 Å². The summed E-state index contributed by atoms with van der Waals surface area (Å²) in [5.74, 6) is 1.84. The van der Waals surface area contributed by atoms with Gasteiger partial charge in [-0.3, -0.25) is 4.90 Å². The van der Waals surface area contributed by atoms with Crippen LogP contribution in [0.25, 0.3) is 11.0 Å². The van der Waals surface area contributed by atoms with Crippen LogP contribution < -0.4 is 0 Å². The van der Waals surface area contributed by atoms with Gasteiger partial charge in [-0.25, -0.2) is 13.4 Å². The van der Waals surface area contributed by atoms with Crippen LogP contribution in [0.4, 0.5) is 0 Å². The second kappa shape index (κ2) is 7.28. The van der Waals surface area contributed by atoms with Crippen LogP contribution in [0, 0.1) is 5.92 Å². The molecule has 0 N–H and O–H groups in total. The lowest BCUT2D eigenvalue weighted by Gasteiger charge is -2.25. The SMILES string of the molecule is O=S1(=O)CCC(Cc2nc3ccccc3n2CN2CCCC2c2cccs2)C1. The van der Waals surface area contributed by atoms with Crippen LogP contribution in [0.5, 0.6) is 0 Å². The van der Waals surface area contributed by atoms with Gasteiger partial charge in [0, 0.05) is 23.9 Å². The Morgan fingerprint density at radius 3 is 2.82 bits per heavy atom. The number of imidazole rings is 1. The molecule has 5 nitrogen and oxygen atoms in total. The molecule has 0 amide bonds. The first-order valence-electron chi connectivity index (χ1n) is 10.0. The second-order valence-corrected chi connectivity index (χ2v) is 11.3. The predicted octanol–water partition coefficient (Wildman–Crippen LogP) is 3.87. The Morgan fingerprint density at radius 2 is 2.04 bits per heavy atom. The summed E-state index contributed by atoms with van der Waals surface area (Å²) in [6.45, 7) is 1.91. The van der Waals surface area contributed by atoms with E-state index in [0.717, 1.165) is 42.9 Å². The zero-order valence-electron chi connectivity index (χ0n) is 15.8. The first-order valence-corrected chi connectivity index (χ1v) is 12.7. The van der Waals surface area contributed by atoms with Gasteiger partial charge in [-0.05, 0) is 48.8 Å². The van der Waals surface area contributed by atoms with E-state index in [9.17, 15) is 8.42 Å². The van der Waals surface area contributed by atoms with E-state index >= 15 is 0 Å². The minimum absolute atomic E-state index is 0.187. The molecule has 4 heterocycles. The number of hydrogen-bond acceptors (Lipinski definition) is 5. The van der Waals surface area contributed by atoms with Crippen LogP contribution in [0.15, 0.2) is 41.8 Å². The van der Waals surface area contributed by atoms with Gasteiger partial charge in [0.15, 0.2) is 9.84 Å². The first-order chi connectivity index (χ1) is 13.6. The molecule has 2 aromatic heterocycles. The second-order valence-electron chi connectivity index (χ2n) is 8.05. The van der Waals surface area contributed by atoms with Gasteiger partial charge in [0.1, 0.15) is 5.82 Å². The maximum absolute atomic E-state index is 11.9. The van der Waals surface area contributed by atoms with Crippen molar-refractivity contribution in [3.63, 3.8) is 0 Å². The average molecular weight is 416 g/mol. The highest BCUT2D eigenvalue weighted by Gasteiger charge is 2.31. The molecule has 28 heavy (non-hydrogen) atoms. The van der Waals surface area contributed by atoms with Crippen LogP contribution in [0.3, 0.4) is 0 Å². The number of fused-ring (bicyclic) bond motifs is 1. The number of nitrogens with zero attached hydrogens (tertiary/aromatic N) is 3. The van der Waals surface area contributed by atoms with E-state index in [1.165, 1.54) is 17.7 Å². The Labute approximate surface area is 169 Å². The Morgan fingerprint density at radius 1 is 1.14 bits per heavy atom. The summed E-state index contributed by atoms with van der Waals surface area (Å²) < 4.78 is 26.1. The number of hydrogen-bond donors (Lipinski definition) is 0. The monoisotopic (exact) mass is 415 g/mol. The molecule has 0 radical (unpaired) electrons. The number of aromatic nitrogens is 2. The molecule has 2 aliphatic rings. The number of rotatable bonds is 5. The molecule has 0 bridgehead atoms. The highest BCUT2D eigenvalue weighted by atomic mass is 32.2. The lowest BCUT2D eigenvalue weighted by molar-refractivity contribution is 0.204. The van der Waals surface area contributed by atoms with E-state index in [1.54, 1.807) is 0 Å². The number of para-hydroxylation sites is 2. The Hall–Kier alpha value is -1.70. The van der Waals surface area contributed by atoms with E-state index < -0.39 is 9.84 Å². The van der Waals surface area contributed by atoms with Crippen molar-refractivity contribution in [2.75, 3.05) is 18.1 Å². The molecule has 2 unspecified atom stereocenters. The van der Waals surface area contributed by atoms with Crippen molar-refractivity contribution in [2.24, 2.45) is 5.92 Å². The summed E-state index contributed by atoms with van der Waals surface area (Å²) in [6, 6.07) is 13.1. The quantitative estimate of drug-likeness (QED) is 0.635. The fourth-order valence-electron chi connectivity index (χ4n) is 4.71. The van der Waals surface area contributed by atoms with Crippen LogP contribution in [0.1, 0.15) is 36.0 Å². The Bertz CT molecular complexity index is 1070. The molecule has 2 atom stereocenters. The fourth-order valence-corrected chi connectivity index (χ4v) is 7.47. The van der Waals surface area contributed by atoms with E-state index in [4.69, 9.17) is 4.98 Å². The normalized spacial score (nSPS) is 25.0. The average Bonchev–Trinajstić information content (AvgIpc) is 3.44. The smallest absolute Gasteiger partial charge is 0.150 e. The van der Waals surface area contributed by atoms with E-state index in [-0.39, 0.29) is 5.92 Å². The number of sulfone groups is 1. The molecular weight excluding hydrogens is 390 g/mol. The fraction of sp³-hybridized carbons (Fsp3) is 0.476. The van der Waals surface area contributed by atoms with E-state index in [2.05, 4.69) is 45.2 Å². The van der Waals surface area contributed by atoms with Crippen molar-refractivity contribution in [3.05, 3.63) is 52.5 Å². The first kappa shape index (κ1) is 18.3. The van der Waals surface area contributed by atoms with Crippen LogP contribution in [-0.4, -0.2) is 40.9 Å². The number of thiophene rings is 1. The third-order valence-electron chi connectivity index (χ3n) is 6.09. The summed E-state index contributed by atoms with van der Waals surface area (Å²) in [5.41, 5.74) is 2.15. The molecule has 148 valence electrons. The molecule has 7 heteroatoms. The number of likely N-dealkylation sites (tertiary alicyclic amines) is 1. The zero-order chi connectivity index (χ0) is 19.1. The summed E-state index contributed by atoms with van der Waals surface area (Å²) >= 11 is 1.84. The Kier molecular flexibility index (Phi) is 4.77. The van der Waals surface area contributed by atoms with Crippen molar-refractivity contribution in [1.82, 2.24) is 14.5 Å². The van der Waals surface area contributed by atoms with Crippen LogP contribution in [-0.2, 0) is 22.9 Å². The molecule has 2 aliphatic heterocycles. The van der Waals surface area contributed by atoms with Crippen molar-refractivity contribution in [3.8, 4) is 0 Å². The molecule has 5 rings (SSSR count). The van der Waals surface area contributed by atoms with Gasteiger partial charge in [0.2, 0.25) is 0 Å². The highest BCUT2D eigenvalue weighted by molar-refractivity contribution is 7.91. The van der Waals surface area contributed by atoms with E-state index in [0.29, 0.717) is 17.5 Å². The molecule has 0 aliphatic carbocycles. The van der Waals surface area contributed by atoms with Gasteiger partial charge in [-0.15, -0.1) is 11.3 Å². The molecule has 0 spiro atoms. The van der Waals surface area contributed by atoms with Crippen molar-refractivity contribution >= 4 is 32.2 Å². The third kappa shape index (κ3) is 3.51. The van der Waals surface area contributed by atoms with Crippen molar-refractivity contribution < 1.29 is 8.42 Å². The van der Waals surface area contributed by atoms with Crippen LogP contribution >= 0.6 is 11.3 Å². The highest BCUT2D eigenvalue weighted by Crippen LogP contribution is 2.35. The minimum atomic E-state index is -2.87. The lowest BCUT2D eigenvalue weighted by atomic mass is 10.1. The molecule has 2 saturated heterocycles. The molecule has 3 aromatic rings. The van der Waals surface area contributed by atoms with E-state index in [1.807, 2.05) is 17.4 Å². The largest absolute Gasteiger partial charge is 0.314 e. The summed E-state index contributed by atoms with van der Waals surface area (Å²) in [4.78, 5) is 8.88. The van der Waals surface area contributed by atoms with Gasteiger partial charge < -0.3 is 4.57 Å². The summed E-state index contributed by atoms with van der Waals surface area (Å²) in [5, 5.41) is 2.16. The number of benzene rings is 1. The summed E-state index contributed by atoms with van der Waals surface area (Å²) in [6.07, 6.45) is 3.91. The lowest BCUT2D eigenvalue weighted by Crippen LogP contribution is -2.27. The summed E-state index contributed by atoms with van der Waals surface area (Å²) in [7, 11) is -2.87. The molecule has 0 saturated carbocycles. The van der Waals surface area contributed by atoms with Gasteiger partial charge in [-0.1, -0.05) is 18.2 Å². The van der Waals surface area contributed by atoms with Gasteiger partial charge in [0.25, 0.3) is 0 Å². The third-order valence-corrected chi connectivity index (χ3v) is 8.90. The molecular formula is C21H25N3O2S2. The van der Waals surface area contributed by atoms with Gasteiger partial charge in [-0.2, -0.15) is 0 Å². The van der Waals surface area contributed by atoms with Crippen molar-refractivity contribution in [2.45, 2.75) is 38.4 Å². The zero-order valence-corrected chi connectivity index (χ0v) is 17.5. The minimum Gasteiger partial charge on any atom is -0.314 e. The predicted molar refractivity (Wildman–Crippen MR) is 113 cm³/mol. The Balaban J connectivity index is 1.46. The maximum Gasteiger partial charge on any atom is 0.150 e. The maximum atomic E-state index is 11.9.